The number of H-pyrrole nitrogens is 1. The van der Waals surface area contributed by atoms with Crippen molar-refractivity contribution < 1.29 is 80.2 Å². The van der Waals surface area contributed by atoms with Gasteiger partial charge in [-0.1, -0.05) is 66.7 Å². The number of hydrogen-bond acceptors (Lipinski definition) is 20. The summed E-state index contributed by atoms with van der Waals surface area (Å²) in [7, 11) is 2.65. The van der Waals surface area contributed by atoms with Crippen LogP contribution in [-0.2, 0) is 70.8 Å². The number of methoxy groups -OCH3 is 1. The maximum absolute atomic E-state index is 15.6. The number of ether oxygens (including phenoxy) is 8. The minimum absolute atomic E-state index is 0.0119. The number of carbonyl (C=O) groups excluding carboxylic acids is 7. The first-order valence-corrected chi connectivity index (χ1v) is 26.8. The van der Waals surface area contributed by atoms with Crippen molar-refractivity contribution in [3.8, 4) is 16.9 Å². The molecule has 0 spiro atoms. The summed E-state index contributed by atoms with van der Waals surface area (Å²) in [5, 5.41) is 19.3. The van der Waals surface area contributed by atoms with Crippen molar-refractivity contribution in [3.05, 3.63) is 165 Å². The van der Waals surface area contributed by atoms with Crippen LogP contribution in [-0.4, -0.2) is 125 Å². The molecular weight excluding hydrogens is 1130 g/mol. The van der Waals surface area contributed by atoms with Crippen LogP contribution in [0.25, 0.3) is 21.9 Å². The van der Waals surface area contributed by atoms with Crippen LogP contribution in [0.2, 0.25) is 0 Å². The van der Waals surface area contributed by atoms with Gasteiger partial charge < -0.3 is 58.7 Å². The molecule has 2 aromatic heterocycles. The maximum atomic E-state index is 15.6. The highest BCUT2D eigenvalue weighted by molar-refractivity contribution is 5.98. The van der Waals surface area contributed by atoms with Gasteiger partial charge >= 0.3 is 36.1 Å². The Hall–Kier alpha value is -10.3. The molecule has 446 valence electrons. The molecule has 0 bridgehead atoms. The van der Waals surface area contributed by atoms with Crippen LogP contribution >= 0.6 is 0 Å². The topological polar surface area (TPSA) is 309 Å². The SMILES string of the molecule is COC(=O)C1OC(Oc2ccc(COC(=O)NCN3c4cc(F)cc5c(=O)[nH]nc(c45)[C@H](c4ncnn4C)[C@H]3c3ccc(F)cc3)cc2NC(=O)CCNC(=O)OCC2c3ccccc3-c3ccccc32)C(OC(C)=O)C(OC(C)=O)C1OC(C)=O. The van der Waals surface area contributed by atoms with E-state index in [1.54, 1.807) is 11.9 Å². The quantitative estimate of drug-likeness (QED) is 0.0579. The molecule has 27 heteroatoms. The van der Waals surface area contributed by atoms with Crippen LogP contribution in [0.5, 0.6) is 5.75 Å². The first-order valence-electron chi connectivity index (χ1n) is 26.8. The molecule has 7 aromatic rings. The Balaban J connectivity index is 0.898. The molecule has 0 saturated carbocycles. The minimum atomic E-state index is -1.86. The lowest BCUT2D eigenvalue weighted by Gasteiger charge is -2.43. The molecule has 86 heavy (non-hydrogen) atoms. The van der Waals surface area contributed by atoms with Gasteiger partial charge in [-0.2, -0.15) is 10.2 Å². The van der Waals surface area contributed by atoms with Gasteiger partial charge in [0.1, 0.15) is 42.7 Å². The van der Waals surface area contributed by atoms with Gasteiger partial charge in [-0.3, -0.25) is 28.7 Å². The highest BCUT2D eigenvalue weighted by Gasteiger charge is 2.56. The van der Waals surface area contributed by atoms with Crippen molar-refractivity contribution in [2.24, 2.45) is 7.05 Å². The van der Waals surface area contributed by atoms with Crippen molar-refractivity contribution >= 4 is 64.1 Å². The lowest BCUT2D eigenvalue weighted by atomic mass is 9.82. The van der Waals surface area contributed by atoms with Crippen LogP contribution in [0.1, 0.15) is 78.8 Å². The number of alkyl carbamates (subject to hydrolysis) is 2. The molecule has 0 radical (unpaired) electrons. The number of esters is 4. The Bertz CT molecular complexity index is 3800. The lowest BCUT2D eigenvalue weighted by Crippen LogP contribution is -2.64. The predicted octanol–water partition coefficient (Wildman–Crippen LogP) is 5.85. The van der Waals surface area contributed by atoms with Crippen LogP contribution in [0.4, 0.5) is 29.7 Å². The molecule has 4 heterocycles. The molecule has 3 aliphatic rings. The summed E-state index contributed by atoms with van der Waals surface area (Å²) in [6.07, 6.45) is -9.74. The number of nitrogens with zero attached hydrogens (tertiary/aromatic N) is 5. The maximum Gasteiger partial charge on any atom is 0.408 e. The summed E-state index contributed by atoms with van der Waals surface area (Å²) in [5.41, 5.74) is 4.41. The number of carbonyl (C=O) groups is 7. The molecule has 25 nitrogen and oxygen atoms in total. The summed E-state index contributed by atoms with van der Waals surface area (Å²) >= 11 is 0. The van der Waals surface area contributed by atoms with Crippen LogP contribution in [0, 0.1) is 11.6 Å². The third-order valence-electron chi connectivity index (χ3n) is 14.5. The van der Waals surface area contributed by atoms with E-state index in [4.69, 9.17) is 37.9 Å². The van der Waals surface area contributed by atoms with Crippen molar-refractivity contribution in [3.63, 3.8) is 0 Å². The second-order valence-corrected chi connectivity index (χ2v) is 20.1. The number of fused-ring (bicyclic) bond motifs is 3. The average Bonchev–Trinajstić information content (AvgIpc) is 0.850. The van der Waals surface area contributed by atoms with Gasteiger partial charge in [0.15, 0.2) is 18.3 Å². The number of aryl methyl sites for hydroxylation is 1. The monoisotopic (exact) mass is 1180 g/mol. The number of hydrogen-bond donors (Lipinski definition) is 4. The molecule has 4 N–H and O–H groups in total. The summed E-state index contributed by atoms with van der Waals surface area (Å²) in [6, 6.07) is 26.5. The van der Waals surface area contributed by atoms with E-state index in [0.29, 0.717) is 17.1 Å². The molecule has 5 unspecified atom stereocenters. The van der Waals surface area contributed by atoms with Gasteiger partial charge in [0, 0.05) is 52.1 Å². The second kappa shape index (κ2) is 25.3. The fourth-order valence-corrected chi connectivity index (χ4v) is 10.9. The fourth-order valence-electron chi connectivity index (χ4n) is 10.9. The summed E-state index contributed by atoms with van der Waals surface area (Å²) < 4.78 is 76.4. The molecule has 1 aliphatic carbocycles. The summed E-state index contributed by atoms with van der Waals surface area (Å²) in [6.45, 7) is 1.95. The van der Waals surface area contributed by atoms with Gasteiger partial charge in [0.25, 0.3) is 5.56 Å². The predicted molar refractivity (Wildman–Crippen MR) is 296 cm³/mol. The zero-order chi connectivity index (χ0) is 60.9. The number of aromatic nitrogens is 5. The van der Waals surface area contributed by atoms with Crippen molar-refractivity contribution in [1.82, 2.24) is 35.6 Å². The third kappa shape index (κ3) is 12.5. The smallest absolute Gasteiger partial charge is 0.408 e. The van der Waals surface area contributed by atoms with E-state index in [1.165, 1.54) is 59.5 Å². The zero-order valence-electron chi connectivity index (χ0n) is 46.6. The number of rotatable bonds is 18. The van der Waals surface area contributed by atoms with E-state index >= 15 is 4.39 Å². The van der Waals surface area contributed by atoms with Crippen molar-refractivity contribution in [2.75, 3.05) is 37.1 Å². The van der Waals surface area contributed by atoms with E-state index in [9.17, 15) is 42.7 Å². The number of nitrogens with one attached hydrogen (secondary N) is 4. The molecule has 1 fully saturated rings. The Morgan fingerprint density at radius 2 is 1.42 bits per heavy atom. The number of anilines is 2. The Morgan fingerprint density at radius 3 is 2.08 bits per heavy atom. The second-order valence-electron chi connectivity index (χ2n) is 20.1. The third-order valence-corrected chi connectivity index (χ3v) is 14.5. The zero-order valence-corrected chi connectivity index (χ0v) is 46.6. The normalized spacial score (nSPS) is 19.2. The number of amides is 3. The number of halogens is 2. The van der Waals surface area contributed by atoms with Crippen molar-refractivity contribution in [2.45, 2.75) is 82.4 Å². The molecule has 10 rings (SSSR count). The largest absolute Gasteiger partial charge is 0.467 e. The number of aromatic amines is 1. The van der Waals surface area contributed by atoms with E-state index < -0.39 is 115 Å². The van der Waals surface area contributed by atoms with Crippen molar-refractivity contribution in [1.29, 1.82) is 0 Å². The highest BCUT2D eigenvalue weighted by atomic mass is 19.1. The van der Waals surface area contributed by atoms with E-state index in [-0.39, 0.29) is 59.0 Å². The van der Waals surface area contributed by atoms with Gasteiger partial charge in [-0.05, 0) is 69.8 Å². The van der Waals surface area contributed by atoms with Gasteiger partial charge in [-0.25, -0.2) is 33.2 Å². The Kier molecular flexibility index (Phi) is 17.3. The fraction of sp³-hybridized carbons (Fsp3) is 0.305. The van der Waals surface area contributed by atoms with E-state index in [2.05, 4.69) is 36.2 Å². The summed E-state index contributed by atoms with van der Waals surface area (Å²) in [4.78, 5) is 111. The molecule has 2 aliphatic heterocycles. The van der Waals surface area contributed by atoms with Crippen LogP contribution < -0.4 is 31.1 Å². The standard InChI is InChI=1S/C59H55F2N9O16/c1-29(71)82-50-51(83-30(2)72)53(84-31(3)73)57(86-52(50)56(76)79-5)85-44-19-14-32(22-42(44)66-45(74)20-21-62-58(77)81-26-41-38-12-8-6-10-36(38)37-11-7-9-13-39(37)41)25-80-59(78)64-28-70-43-24-35(61)23-40-46(43)48(67-68-55(40)75)47(54-63-27-65-69(54)4)49(70)33-15-17-34(60)18-16-33/h6-19,22-24,27,41,47,49-53,57H,20-21,25-26,28H2,1-5H3,(H,62,77)(H,64,78)(H,66,74)(H,68,75)/t47-,49+,50?,51?,52?,53?,57?/m0/s1. The Labute approximate surface area is 487 Å². The molecule has 5 aromatic carbocycles. The highest BCUT2D eigenvalue weighted by Crippen LogP contribution is 2.50. The first-order chi connectivity index (χ1) is 41.4. The first kappa shape index (κ1) is 58.9. The van der Waals surface area contributed by atoms with Gasteiger partial charge in [-0.15, -0.1) is 0 Å². The van der Waals surface area contributed by atoms with Gasteiger partial charge in [0.2, 0.25) is 18.3 Å². The Morgan fingerprint density at radius 1 is 0.756 bits per heavy atom. The molecular formula is C59H55F2N9O16. The average molecular weight is 1180 g/mol. The van der Waals surface area contributed by atoms with Crippen LogP contribution in [0.3, 0.4) is 0 Å². The van der Waals surface area contributed by atoms with E-state index in [1.807, 2.05) is 48.5 Å². The molecule has 3 amide bonds. The number of benzene rings is 5. The molecule has 1 saturated heterocycles. The van der Waals surface area contributed by atoms with Gasteiger partial charge in [0.05, 0.1) is 48.2 Å². The summed E-state index contributed by atoms with van der Waals surface area (Å²) in [5.74, 6) is -6.89. The van der Waals surface area contributed by atoms with Crippen LogP contribution in [0.15, 0.2) is 114 Å². The van der Waals surface area contributed by atoms with E-state index in [0.717, 1.165) is 56.2 Å². The minimum Gasteiger partial charge on any atom is -0.467 e. The molecule has 7 atom stereocenters. The lowest BCUT2D eigenvalue weighted by molar-refractivity contribution is -0.282.